The van der Waals surface area contributed by atoms with E-state index in [0.717, 1.165) is 28.0 Å². The van der Waals surface area contributed by atoms with Crippen LogP contribution in [0.15, 0.2) is 85.1 Å². The molecular formula is C27H27N3O2. The number of methoxy groups -OCH3 is 1. The molecule has 1 atom stereocenters. The Hall–Kier alpha value is -3.86. The average molecular weight is 426 g/mol. The van der Waals surface area contributed by atoms with E-state index in [0.29, 0.717) is 17.8 Å². The summed E-state index contributed by atoms with van der Waals surface area (Å²) in [7, 11) is 1.64. The summed E-state index contributed by atoms with van der Waals surface area (Å²) in [6, 6.07) is 25.7. The van der Waals surface area contributed by atoms with Crippen molar-refractivity contribution in [3.8, 4) is 17.0 Å². The van der Waals surface area contributed by atoms with Crippen molar-refractivity contribution in [2.75, 3.05) is 7.11 Å². The highest BCUT2D eigenvalue weighted by atomic mass is 16.5. The predicted molar refractivity (Wildman–Crippen MR) is 127 cm³/mol. The van der Waals surface area contributed by atoms with E-state index in [-0.39, 0.29) is 11.9 Å². The van der Waals surface area contributed by atoms with E-state index in [1.807, 2.05) is 91.5 Å². The quantitative estimate of drug-likeness (QED) is 0.431. The van der Waals surface area contributed by atoms with Gasteiger partial charge in [-0.1, -0.05) is 78.4 Å². The maximum absolute atomic E-state index is 13.3. The number of aromatic nitrogens is 2. The van der Waals surface area contributed by atoms with E-state index in [1.165, 1.54) is 0 Å². The molecule has 0 aliphatic rings. The van der Waals surface area contributed by atoms with Gasteiger partial charge in [-0.15, -0.1) is 0 Å². The lowest BCUT2D eigenvalue weighted by Gasteiger charge is -2.17. The number of carbonyl (C=O) groups excluding carboxylic acids is 1. The second kappa shape index (κ2) is 9.52. The Kier molecular flexibility index (Phi) is 6.36. The third kappa shape index (κ3) is 4.72. The molecule has 0 spiro atoms. The molecule has 0 radical (unpaired) electrons. The second-order valence-corrected chi connectivity index (χ2v) is 7.88. The lowest BCUT2D eigenvalue weighted by molar-refractivity contribution is 0.0940. The molecule has 0 fully saturated rings. The molecule has 0 saturated heterocycles. The number of hydrogen-bond acceptors (Lipinski definition) is 3. The third-order valence-corrected chi connectivity index (χ3v) is 5.47. The molecule has 4 aromatic rings. The monoisotopic (exact) mass is 425 g/mol. The first-order chi connectivity index (χ1) is 15.5. The van der Waals surface area contributed by atoms with Gasteiger partial charge >= 0.3 is 0 Å². The van der Waals surface area contributed by atoms with Gasteiger partial charge in [0.15, 0.2) is 0 Å². The molecule has 4 rings (SSSR count). The maximum Gasteiger partial charge on any atom is 0.255 e. The fourth-order valence-corrected chi connectivity index (χ4v) is 3.74. The smallest absolute Gasteiger partial charge is 0.255 e. The van der Waals surface area contributed by atoms with Crippen LogP contribution in [0.25, 0.3) is 11.3 Å². The van der Waals surface area contributed by atoms with Gasteiger partial charge in [0.2, 0.25) is 0 Å². The maximum atomic E-state index is 13.3. The first kappa shape index (κ1) is 21.4. The topological polar surface area (TPSA) is 56.1 Å². The summed E-state index contributed by atoms with van der Waals surface area (Å²) in [5.41, 5.74) is 5.35. The van der Waals surface area contributed by atoms with Crippen LogP contribution >= 0.6 is 0 Å². The molecule has 3 aromatic carbocycles. The molecule has 32 heavy (non-hydrogen) atoms. The van der Waals surface area contributed by atoms with Gasteiger partial charge in [0.05, 0.1) is 25.3 Å². The summed E-state index contributed by atoms with van der Waals surface area (Å²) in [5.74, 6) is 0.581. The highest BCUT2D eigenvalue weighted by Gasteiger charge is 2.21. The minimum atomic E-state index is -0.220. The van der Waals surface area contributed by atoms with Gasteiger partial charge in [0.1, 0.15) is 11.4 Å². The number of aryl methyl sites for hydroxylation is 1. The Bertz CT molecular complexity index is 1200. The minimum Gasteiger partial charge on any atom is -0.496 e. The fourth-order valence-electron chi connectivity index (χ4n) is 3.74. The van der Waals surface area contributed by atoms with E-state index >= 15 is 0 Å². The Morgan fingerprint density at radius 2 is 1.69 bits per heavy atom. The van der Waals surface area contributed by atoms with Gasteiger partial charge in [0.25, 0.3) is 5.91 Å². The van der Waals surface area contributed by atoms with Crippen LogP contribution in [0.4, 0.5) is 0 Å². The van der Waals surface area contributed by atoms with E-state index in [9.17, 15) is 4.79 Å². The number of amides is 1. The van der Waals surface area contributed by atoms with Gasteiger partial charge in [-0.25, -0.2) is 0 Å². The van der Waals surface area contributed by atoms with Gasteiger partial charge in [-0.2, -0.15) is 5.10 Å². The molecule has 0 saturated carbocycles. The van der Waals surface area contributed by atoms with Crippen molar-refractivity contribution >= 4 is 5.91 Å². The summed E-state index contributed by atoms with van der Waals surface area (Å²) < 4.78 is 7.29. The molecule has 1 unspecified atom stereocenters. The van der Waals surface area contributed by atoms with Crippen LogP contribution in [0, 0.1) is 6.92 Å². The summed E-state index contributed by atoms with van der Waals surface area (Å²) in [6.07, 6.45) is 1.83. The zero-order chi connectivity index (χ0) is 22.5. The molecule has 0 aliphatic heterocycles. The number of rotatable bonds is 7. The largest absolute Gasteiger partial charge is 0.496 e. The summed E-state index contributed by atoms with van der Waals surface area (Å²) in [5, 5.41) is 7.89. The molecular weight excluding hydrogens is 398 g/mol. The summed E-state index contributed by atoms with van der Waals surface area (Å²) in [6.45, 7) is 4.59. The van der Waals surface area contributed by atoms with Crippen LogP contribution in [0.3, 0.4) is 0 Å². The van der Waals surface area contributed by atoms with Crippen LogP contribution < -0.4 is 10.1 Å². The molecule has 0 aliphatic carbocycles. The van der Waals surface area contributed by atoms with Crippen molar-refractivity contribution < 1.29 is 9.53 Å². The van der Waals surface area contributed by atoms with Gasteiger partial charge in [-0.05, 0) is 25.5 Å². The van der Waals surface area contributed by atoms with Crippen molar-refractivity contribution in [3.63, 3.8) is 0 Å². The number of para-hydroxylation sites is 1. The first-order valence-corrected chi connectivity index (χ1v) is 10.7. The van der Waals surface area contributed by atoms with E-state index in [4.69, 9.17) is 9.84 Å². The highest BCUT2D eigenvalue weighted by Crippen LogP contribution is 2.27. The van der Waals surface area contributed by atoms with Crippen LogP contribution in [-0.4, -0.2) is 22.8 Å². The Morgan fingerprint density at radius 1 is 1.00 bits per heavy atom. The number of hydrogen-bond donors (Lipinski definition) is 1. The Labute approximate surface area is 188 Å². The first-order valence-electron chi connectivity index (χ1n) is 10.7. The van der Waals surface area contributed by atoms with Crippen LogP contribution in [0.5, 0.6) is 5.75 Å². The van der Waals surface area contributed by atoms with Crippen LogP contribution in [0.2, 0.25) is 0 Å². The zero-order valence-electron chi connectivity index (χ0n) is 18.6. The number of benzene rings is 3. The number of ether oxygens (including phenoxy) is 1. The summed E-state index contributed by atoms with van der Waals surface area (Å²) >= 11 is 0. The predicted octanol–water partition coefficient (Wildman–Crippen LogP) is 5.41. The van der Waals surface area contributed by atoms with Gasteiger partial charge < -0.3 is 10.1 Å². The van der Waals surface area contributed by atoms with Crippen molar-refractivity contribution in [2.24, 2.45) is 0 Å². The minimum absolute atomic E-state index is 0.168. The lowest BCUT2D eigenvalue weighted by Crippen LogP contribution is -2.27. The SMILES string of the molecule is COc1ccccc1C(C)NC(=O)c1cn(Cc2ccccc2)nc1-c1ccc(C)cc1. The average Bonchev–Trinajstić information content (AvgIpc) is 3.24. The van der Waals surface area contributed by atoms with Crippen LogP contribution in [0.1, 0.15) is 40.0 Å². The lowest BCUT2D eigenvalue weighted by atomic mass is 10.0. The number of nitrogens with one attached hydrogen (secondary N) is 1. The van der Waals surface area contributed by atoms with Gasteiger partial charge in [-0.3, -0.25) is 9.48 Å². The van der Waals surface area contributed by atoms with E-state index < -0.39 is 0 Å². The molecule has 162 valence electrons. The Balaban J connectivity index is 1.66. The zero-order valence-corrected chi connectivity index (χ0v) is 18.6. The van der Waals surface area contributed by atoms with E-state index in [1.54, 1.807) is 7.11 Å². The molecule has 1 aromatic heterocycles. The molecule has 0 bridgehead atoms. The van der Waals surface area contributed by atoms with Gasteiger partial charge in [0, 0.05) is 17.3 Å². The number of nitrogens with zero attached hydrogens (tertiary/aromatic N) is 2. The number of carbonyl (C=O) groups is 1. The van der Waals surface area contributed by atoms with Crippen molar-refractivity contribution in [3.05, 3.63) is 107 Å². The molecule has 5 nitrogen and oxygen atoms in total. The third-order valence-electron chi connectivity index (χ3n) is 5.47. The molecule has 1 amide bonds. The fraction of sp³-hybridized carbons (Fsp3) is 0.185. The van der Waals surface area contributed by atoms with Crippen molar-refractivity contribution in [1.82, 2.24) is 15.1 Å². The van der Waals surface area contributed by atoms with E-state index in [2.05, 4.69) is 17.4 Å². The highest BCUT2D eigenvalue weighted by molar-refractivity contribution is 6.00. The second-order valence-electron chi connectivity index (χ2n) is 7.88. The van der Waals surface area contributed by atoms with Crippen molar-refractivity contribution in [2.45, 2.75) is 26.4 Å². The molecule has 1 N–H and O–H groups in total. The molecule has 5 heteroatoms. The summed E-state index contributed by atoms with van der Waals surface area (Å²) in [4.78, 5) is 13.3. The van der Waals surface area contributed by atoms with Crippen LogP contribution in [-0.2, 0) is 6.54 Å². The van der Waals surface area contributed by atoms with Crippen molar-refractivity contribution in [1.29, 1.82) is 0 Å². The molecule has 1 heterocycles. The standard InChI is InChI=1S/C27H27N3O2/c1-19-13-15-22(16-14-19)26-24(18-30(29-26)17-21-9-5-4-6-10-21)27(31)28-20(2)23-11-7-8-12-25(23)32-3/h4-16,18,20H,17H2,1-3H3,(H,28,31). The normalized spacial score (nSPS) is 11.7. The Morgan fingerprint density at radius 3 is 2.41 bits per heavy atom.